The number of hydrogen-bond acceptors (Lipinski definition) is 2. The third-order valence-corrected chi connectivity index (χ3v) is 2.81. The molecule has 0 fully saturated rings. The summed E-state index contributed by atoms with van der Waals surface area (Å²) in [4.78, 5) is 10.5. The van der Waals surface area contributed by atoms with Crippen LogP contribution >= 0.6 is 7.52 Å². The normalized spacial score (nSPS) is 20.1. The molecule has 0 radical (unpaired) electrons. The fourth-order valence-electron chi connectivity index (χ4n) is 0. The second-order valence-electron chi connectivity index (χ2n) is 2.77. The molecule has 0 spiro atoms. The minimum Gasteiger partial charge on any atom is -0.788 e. The molecule has 0 rings (SSSR count). The maximum Gasteiger partial charge on any atom is 0.0795 e. The van der Waals surface area contributed by atoms with Crippen LogP contribution in [0.3, 0.4) is 0 Å². The summed E-state index contributed by atoms with van der Waals surface area (Å²) in [6.45, 7) is 4.71. The van der Waals surface area contributed by atoms with E-state index in [2.05, 4.69) is 0 Å². The zero-order valence-electron chi connectivity index (χ0n) is 5.34. The van der Waals surface area contributed by atoms with Crippen molar-refractivity contribution < 1.29 is 9.46 Å². The highest BCUT2D eigenvalue weighted by molar-refractivity contribution is 7.55. The molecule has 0 bridgehead atoms. The first-order valence-corrected chi connectivity index (χ1v) is 4.04. The maximum atomic E-state index is 10.5. The minimum atomic E-state index is -3.60. The number of hydrogen-bond donors (Lipinski definition) is 1. The molecule has 0 aliphatic heterocycles. The van der Waals surface area contributed by atoms with Crippen LogP contribution in [0.25, 0.3) is 0 Å². The Kier molecular flexibility index (Phi) is 1.87. The van der Waals surface area contributed by atoms with E-state index in [4.69, 9.17) is 5.50 Å². The minimum absolute atomic E-state index is 0.785. The van der Waals surface area contributed by atoms with Gasteiger partial charge in [0.1, 0.15) is 0 Å². The van der Waals surface area contributed by atoms with E-state index in [1.54, 1.807) is 20.8 Å². The van der Waals surface area contributed by atoms with Gasteiger partial charge in [-0.15, -0.1) is 0 Å². The van der Waals surface area contributed by atoms with Gasteiger partial charge in [0.2, 0.25) is 0 Å². The van der Waals surface area contributed by atoms with E-state index in [1.165, 1.54) is 0 Å². The summed E-state index contributed by atoms with van der Waals surface area (Å²) in [5, 5.41) is -0.785. The molecule has 50 valence electrons. The Morgan fingerprint density at radius 2 is 1.62 bits per heavy atom. The highest BCUT2D eigenvalue weighted by Gasteiger charge is 2.20. The second kappa shape index (κ2) is 1.83. The third kappa shape index (κ3) is 1.95. The van der Waals surface area contributed by atoms with E-state index in [0.717, 1.165) is 0 Å². The van der Waals surface area contributed by atoms with Crippen molar-refractivity contribution in [3.63, 3.8) is 0 Å². The van der Waals surface area contributed by atoms with E-state index in [9.17, 15) is 9.46 Å². The number of nitrogens with two attached hydrogens (primary N) is 1. The Morgan fingerprint density at radius 3 is 1.62 bits per heavy atom. The van der Waals surface area contributed by atoms with Crippen LogP contribution in [0.2, 0.25) is 0 Å². The third-order valence-electron chi connectivity index (χ3n) is 0.935. The van der Waals surface area contributed by atoms with Gasteiger partial charge >= 0.3 is 0 Å². The van der Waals surface area contributed by atoms with Gasteiger partial charge in [-0.3, -0.25) is 5.50 Å². The topological polar surface area (TPSA) is 66.2 Å². The molecular formula is C4H11NO2P-. The summed E-state index contributed by atoms with van der Waals surface area (Å²) in [7, 11) is -3.60. The summed E-state index contributed by atoms with van der Waals surface area (Å²) < 4.78 is 10.5. The lowest BCUT2D eigenvalue weighted by atomic mass is 10.3. The van der Waals surface area contributed by atoms with Crippen LogP contribution < -0.4 is 10.4 Å². The number of rotatable bonds is 0. The molecule has 3 nitrogen and oxygen atoms in total. The van der Waals surface area contributed by atoms with Crippen molar-refractivity contribution in [1.82, 2.24) is 0 Å². The van der Waals surface area contributed by atoms with Crippen LogP contribution in [0.15, 0.2) is 0 Å². The van der Waals surface area contributed by atoms with Gasteiger partial charge in [0.25, 0.3) is 0 Å². The Morgan fingerprint density at radius 1 is 1.50 bits per heavy atom. The molecule has 0 aromatic heterocycles. The summed E-state index contributed by atoms with van der Waals surface area (Å²) in [5.41, 5.74) is 4.81. The lowest BCUT2D eigenvalue weighted by Gasteiger charge is -2.31. The Balaban J connectivity index is 4.26. The van der Waals surface area contributed by atoms with Crippen molar-refractivity contribution in [1.29, 1.82) is 0 Å². The van der Waals surface area contributed by atoms with Crippen molar-refractivity contribution >= 4 is 7.52 Å². The van der Waals surface area contributed by atoms with Gasteiger partial charge in [-0.05, 0) is 0 Å². The molecule has 1 atom stereocenters. The van der Waals surface area contributed by atoms with E-state index in [-0.39, 0.29) is 0 Å². The maximum absolute atomic E-state index is 10.5. The molecule has 2 N–H and O–H groups in total. The van der Waals surface area contributed by atoms with Crippen molar-refractivity contribution in [3.8, 4) is 0 Å². The molecule has 0 saturated heterocycles. The van der Waals surface area contributed by atoms with Crippen LogP contribution in [0.5, 0.6) is 0 Å². The van der Waals surface area contributed by atoms with Crippen LogP contribution in [-0.4, -0.2) is 5.16 Å². The Bertz CT molecular complexity index is 120. The zero-order chi connectivity index (χ0) is 7.00. The van der Waals surface area contributed by atoms with Crippen LogP contribution in [0, 0.1) is 0 Å². The monoisotopic (exact) mass is 136 g/mol. The average Bonchev–Trinajstić information content (AvgIpc) is 1.25. The average molecular weight is 136 g/mol. The summed E-state index contributed by atoms with van der Waals surface area (Å²) in [6.07, 6.45) is 0. The zero-order valence-corrected chi connectivity index (χ0v) is 6.24. The second-order valence-corrected chi connectivity index (χ2v) is 5.30. The largest absolute Gasteiger partial charge is 0.788 e. The first-order chi connectivity index (χ1) is 3.25. The first kappa shape index (κ1) is 8.15. The standard InChI is InChI=1S/C4H12NO2P/c1-4(2,3)8(5,6)7/h1-3H3,(H3,5,6,7)/p-1. The Labute approximate surface area is 49.4 Å². The summed E-state index contributed by atoms with van der Waals surface area (Å²) in [6, 6.07) is 0. The SMILES string of the molecule is CC(C)(C)P(N)(=O)[O-]. The van der Waals surface area contributed by atoms with Gasteiger partial charge in [-0.2, -0.15) is 0 Å². The van der Waals surface area contributed by atoms with Crippen LogP contribution in [0.1, 0.15) is 20.8 Å². The molecule has 0 heterocycles. The highest BCUT2D eigenvalue weighted by atomic mass is 31.2. The molecule has 0 amide bonds. The fraction of sp³-hybridized carbons (Fsp3) is 1.00. The predicted molar refractivity (Wildman–Crippen MR) is 31.5 cm³/mol. The lowest BCUT2D eigenvalue weighted by Crippen LogP contribution is -2.28. The summed E-state index contributed by atoms with van der Waals surface area (Å²) in [5.74, 6) is 0. The van der Waals surface area contributed by atoms with Crippen molar-refractivity contribution in [2.24, 2.45) is 5.50 Å². The molecule has 0 aromatic rings. The van der Waals surface area contributed by atoms with E-state index in [0.29, 0.717) is 0 Å². The van der Waals surface area contributed by atoms with Gasteiger partial charge in [0.15, 0.2) is 0 Å². The van der Waals surface area contributed by atoms with E-state index >= 15 is 0 Å². The van der Waals surface area contributed by atoms with Crippen molar-refractivity contribution in [2.75, 3.05) is 0 Å². The molecule has 0 aliphatic carbocycles. The van der Waals surface area contributed by atoms with Crippen LogP contribution in [-0.2, 0) is 4.57 Å². The molecule has 0 aliphatic rings. The molecule has 0 aromatic carbocycles. The molecule has 0 saturated carbocycles. The Hall–Kier alpha value is 0.150. The highest BCUT2D eigenvalue weighted by Crippen LogP contribution is 2.41. The molecular weight excluding hydrogens is 125 g/mol. The first-order valence-electron chi connectivity index (χ1n) is 2.35. The molecule has 4 heteroatoms. The van der Waals surface area contributed by atoms with Gasteiger partial charge in [0.05, 0.1) is 7.52 Å². The van der Waals surface area contributed by atoms with Gasteiger partial charge in [-0.25, -0.2) is 0 Å². The summed E-state index contributed by atoms with van der Waals surface area (Å²) >= 11 is 0. The lowest BCUT2D eigenvalue weighted by molar-refractivity contribution is -0.180. The quantitative estimate of drug-likeness (QED) is 0.487. The van der Waals surface area contributed by atoms with Gasteiger partial charge < -0.3 is 9.46 Å². The van der Waals surface area contributed by atoms with E-state index in [1.807, 2.05) is 0 Å². The predicted octanol–water partition coefficient (Wildman–Crippen LogP) is 0.297. The van der Waals surface area contributed by atoms with Crippen LogP contribution in [0.4, 0.5) is 0 Å². The molecule has 8 heavy (non-hydrogen) atoms. The fourth-order valence-corrected chi connectivity index (χ4v) is 0. The van der Waals surface area contributed by atoms with E-state index < -0.39 is 12.7 Å². The molecule has 1 unspecified atom stereocenters. The van der Waals surface area contributed by atoms with Crippen molar-refractivity contribution in [2.45, 2.75) is 25.9 Å². The van der Waals surface area contributed by atoms with Crippen molar-refractivity contribution in [3.05, 3.63) is 0 Å². The smallest absolute Gasteiger partial charge is 0.0795 e. The van der Waals surface area contributed by atoms with Gasteiger partial charge in [0, 0.05) is 5.16 Å². The van der Waals surface area contributed by atoms with Gasteiger partial charge in [-0.1, -0.05) is 20.8 Å².